The summed E-state index contributed by atoms with van der Waals surface area (Å²) >= 11 is 2.46. The first-order valence-electron chi connectivity index (χ1n) is 10.6. The second-order valence-electron chi connectivity index (χ2n) is 7.69. The first-order chi connectivity index (χ1) is 16.0. The molecule has 0 radical (unpaired) electrons. The van der Waals surface area contributed by atoms with Crippen LogP contribution >= 0.6 is 23.1 Å². The van der Waals surface area contributed by atoms with Crippen LogP contribution in [0.15, 0.2) is 28.6 Å². The Kier molecular flexibility index (Phi) is 7.78. The van der Waals surface area contributed by atoms with Crippen LogP contribution in [0.25, 0.3) is 0 Å². The van der Waals surface area contributed by atoms with E-state index in [9.17, 15) is 14.4 Å². The van der Waals surface area contributed by atoms with Gasteiger partial charge in [-0.25, -0.2) is 0 Å². The molecular weight excluding hydrogens is 466 g/mol. The number of carbonyl (C=O) groups excluding carboxylic acids is 3. The molecule has 10 nitrogen and oxygen atoms in total. The maximum Gasteiger partial charge on any atom is 0.231 e. The number of benzene rings is 1. The lowest BCUT2D eigenvalue weighted by molar-refractivity contribution is -0.122. The van der Waals surface area contributed by atoms with E-state index in [-0.39, 0.29) is 36.0 Å². The van der Waals surface area contributed by atoms with Crippen LogP contribution in [-0.4, -0.2) is 66.6 Å². The minimum absolute atomic E-state index is 0.0978. The zero-order chi connectivity index (χ0) is 23.2. The van der Waals surface area contributed by atoms with Gasteiger partial charge in [0.25, 0.3) is 0 Å². The Hall–Kier alpha value is -2.70. The third-order valence-electron chi connectivity index (χ3n) is 5.39. The van der Waals surface area contributed by atoms with Gasteiger partial charge in [-0.3, -0.25) is 14.4 Å². The van der Waals surface area contributed by atoms with Gasteiger partial charge in [-0.15, -0.1) is 10.2 Å². The van der Waals surface area contributed by atoms with E-state index in [1.54, 1.807) is 36.3 Å². The molecule has 2 fully saturated rings. The highest BCUT2D eigenvalue weighted by atomic mass is 32.2. The maximum atomic E-state index is 12.7. The van der Waals surface area contributed by atoms with E-state index in [1.807, 2.05) is 0 Å². The van der Waals surface area contributed by atoms with Crippen molar-refractivity contribution >= 4 is 51.6 Å². The second-order valence-corrected chi connectivity index (χ2v) is 9.89. The number of ether oxygens (including phenoxy) is 2. The molecule has 1 aromatic carbocycles. The van der Waals surface area contributed by atoms with Gasteiger partial charge in [-0.2, -0.15) is 0 Å². The predicted molar refractivity (Wildman–Crippen MR) is 125 cm³/mol. The number of carbonyl (C=O) groups is 3. The minimum atomic E-state index is -0.483. The average molecular weight is 492 g/mol. The van der Waals surface area contributed by atoms with Crippen molar-refractivity contribution in [3.05, 3.63) is 24.3 Å². The van der Waals surface area contributed by atoms with Crippen molar-refractivity contribution in [3.63, 3.8) is 0 Å². The number of anilines is 2. The van der Waals surface area contributed by atoms with E-state index in [2.05, 4.69) is 20.8 Å². The number of nitrogens with zero attached hydrogens (tertiary/aromatic N) is 3. The highest BCUT2D eigenvalue weighted by Gasteiger charge is 2.35. The van der Waals surface area contributed by atoms with Crippen molar-refractivity contribution in [3.8, 4) is 5.75 Å². The average Bonchev–Trinajstić information content (AvgIpc) is 3.58. The molecule has 4 rings (SSSR count). The van der Waals surface area contributed by atoms with Gasteiger partial charge in [0.15, 0.2) is 4.34 Å². The van der Waals surface area contributed by atoms with Gasteiger partial charge in [-0.1, -0.05) is 23.1 Å². The van der Waals surface area contributed by atoms with E-state index in [1.165, 1.54) is 23.1 Å². The number of hydrogen-bond donors (Lipinski definition) is 2. The molecule has 12 heteroatoms. The van der Waals surface area contributed by atoms with Crippen LogP contribution in [0, 0.1) is 5.92 Å². The van der Waals surface area contributed by atoms with Crippen molar-refractivity contribution in [2.75, 3.05) is 42.8 Å². The van der Waals surface area contributed by atoms with Gasteiger partial charge in [0.05, 0.1) is 24.9 Å². The summed E-state index contributed by atoms with van der Waals surface area (Å²) in [7, 11) is 1.58. The minimum Gasteiger partial charge on any atom is -0.497 e. The molecule has 2 saturated heterocycles. The molecule has 176 valence electrons. The summed E-state index contributed by atoms with van der Waals surface area (Å²) in [5, 5.41) is 13.9. The Morgan fingerprint density at radius 1 is 1.30 bits per heavy atom. The summed E-state index contributed by atoms with van der Waals surface area (Å²) in [6.45, 7) is 1.57. The Labute approximate surface area is 199 Å². The van der Waals surface area contributed by atoms with E-state index < -0.39 is 5.92 Å². The molecule has 2 N–H and O–H groups in total. The van der Waals surface area contributed by atoms with Crippen LogP contribution in [0.3, 0.4) is 0 Å². The lowest BCUT2D eigenvalue weighted by atomic mass is 10.1. The lowest BCUT2D eigenvalue weighted by Crippen LogP contribution is -2.32. The molecular formula is C21H25N5O5S2. The van der Waals surface area contributed by atoms with Gasteiger partial charge in [0, 0.05) is 31.8 Å². The number of aromatic nitrogens is 2. The number of nitrogens with one attached hydrogen (secondary N) is 2. The topological polar surface area (TPSA) is 123 Å². The lowest BCUT2D eigenvalue weighted by Gasteiger charge is -2.16. The van der Waals surface area contributed by atoms with Crippen molar-refractivity contribution in [1.29, 1.82) is 0 Å². The van der Waals surface area contributed by atoms with Crippen molar-refractivity contribution in [2.24, 2.45) is 5.92 Å². The summed E-state index contributed by atoms with van der Waals surface area (Å²) < 4.78 is 11.2. The summed E-state index contributed by atoms with van der Waals surface area (Å²) in [6, 6.07) is 7.14. The predicted octanol–water partition coefficient (Wildman–Crippen LogP) is 1.93. The Balaban J connectivity index is 1.23. The highest BCUT2D eigenvalue weighted by molar-refractivity contribution is 8.01. The molecule has 2 aliphatic heterocycles. The van der Waals surface area contributed by atoms with Crippen LogP contribution in [-0.2, 0) is 19.1 Å². The Morgan fingerprint density at radius 2 is 2.12 bits per heavy atom. The molecule has 3 amide bonds. The molecule has 0 saturated carbocycles. The van der Waals surface area contributed by atoms with Crippen LogP contribution in [0.5, 0.6) is 5.75 Å². The van der Waals surface area contributed by atoms with Crippen molar-refractivity contribution in [1.82, 2.24) is 15.5 Å². The quantitative estimate of drug-likeness (QED) is 0.403. The Morgan fingerprint density at radius 3 is 2.85 bits per heavy atom. The first-order valence-corrected chi connectivity index (χ1v) is 12.4. The molecule has 0 bridgehead atoms. The molecule has 2 atom stereocenters. The molecule has 0 unspecified atom stereocenters. The van der Waals surface area contributed by atoms with E-state index in [4.69, 9.17) is 9.47 Å². The van der Waals surface area contributed by atoms with Gasteiger partial charge in [-0.05, 0) is 37.1 Å². The van der Waals surface area contributed by atoms with Crippen LogP contribution < -0.4 is 20.3 Å². The molecule has 2 aliphatic rings. The van der Waals surface area contributed by atoms with Crippen molar-refractivity contribution < 1.29 is 23.9 Å². The zero-order valence-corrected chi connectivity index (χ0v) is 19.7. The third-order valence-corrected chi connectivity index (χ3v) is 7.37. The number of rotatable bonds is 9. The Bertz CT molecular complexity index is 993. The van der Waals surface area contributed by atoms with Gasteiger partial charge in [0.1, 0.15) is 5.75 Å². The summed E-state index contributed by atoms with van der Waals surface area (Å²) in [5.74, 6) is -0.0554. The fraction of sp³-hybridized carbons (Fsp3) is 0.476. The van der Waals surface area contributed by atoms with Crippen LogP contribution in [0.2, 0.25) is 0 Å². The maximum absolute atomic E-state index is 12.7. The molecule has 0 spiro atoms. The zero-order valence-electron chi connectivity index (χ0n) is 18.1. The fourth-order valence-electron chi connectivity index (χ4n) is 3.63. The monoisotopic (exact) mass is 491 g/mol. The van der Waals surface area contributed by atoms with Gasteiger partial charge < -0.3 is 25.0 Å². The first kappa shape index (κ1) is 23.5. The molecule has 0 aliphatic carbocycles. The second kappa shape index (κ2) is 10.9. The number of thioether (sulfide) groups is 1. The van der Waals surface area contributed by atoms with E-state index in [0.29, 0.717) is 28.3 Å². The summed E-state index contributed by atoms with van der Waals surface area (Å²) in [4.78, 5) is 38.7. The SMILES string of the molecule is COc1ccc(N2C[C@H](C(=O)Nc3nnc(SCC(=O)NC[C@@H]4CCCO4)s3)CC2=O)cc1. The highest BCUT2D eigenvalue weighted by Crippen LogP contribution is 2.29. The number of amides is 3. The molecule has 2 aromatic rings. The van der Waals surface area contributed by atoms with Crippen molar-refractivity contribution in [2.45, 2.75) is 29.7 Å². The summed E-state index contributed by atoms with van der Waals surface area (Å²) in [6.07, 6.45) is 2.23. The van der Waals surface area contributed by atoms with E-state index in [0.717, 1.165) is 25.1 Å². The van der Waals surface area contributed by atoms with Gasteiger partial charge in [0.2, 0.25) is 22.9 Å². The van der Waals surface area contributed by atoms with E-state index >= 15 is 0 Å². The van der Waals surface area contributed by atoms with Crippen LogP contribution in [0.4, 0.5) is 10.8 Å². The summed E-state index contributed by atoms with van der Waals surface area (Å²) in [5.41, 5.74) is 0.725. The number of methoxy groups -OCH3 is 1. The van der Waals surface area contributed by atoms with Crippen LogP contribution in [0.1, 0.15) is 19.3 Å². The standard InChI is InChI=1S/C21H25N5O5S2/c1-30-15-6-4-14(5-7-15)26-11-13(9-18(26)28)19(29)23-20-24-25-21(33-20)32-12-17(27)22-10-16-3-2-8-31-16/h4-7,13,16H,2-3,8-12H2,1H3,(H,22,27)(H,23,24,29)/t13-,16+/m1/s1. The smallest absolute Gasteiger partial charge is 0.231 e. The molecule has 3 heterocycles. The fourth-order valence-corrected chi connectivity index (χ4v) is 5.22. The molecule has 33 heavy (non-hydrogen) atoms. The molecule has 1 aromatic heterocycles. The normalized spacial score (nSPS) is 20.2. The largest absolute Gasteiger partial charge is 0.497 e. The number of hydrogen-bond acceptors (Lipinski definition) is 9. The van der Waals surface area contributed by atoms with Gasteiger partial charge >= 0.3 is 0 Å². The third kappa shape index (κ3) is 6.21.